The van der Waals surface area contributed by atoms with Gasteiger partial charge in [0.25, 0.3) is 0 Å². The van der Waals surface area contributed by atoms with Gasteiger partial charge in [-0.25, -0.2) is 0 Å². The smallest absolute Gasteiger partial charge is 0.406 e. The predicted octanol–water partition coefficient (Wildman–Crippen LogP) is 2.96. The number of esters is 1. The van der Waals surface area contributed by atoms with E-state index in [1.165, 1.54) is 23.8 Å². The van der Waals surface area contributed by atoms with Crippen LogP contribution in [-0.2, 0) is 9.53 Å². The second-order valence-corrected chi connectivity index (χ2v) is 3.56. The maximum Gasteiger partial charge on any atom is 0.406 e. The van der Waals surface area contributed by atoms with Crippen LogP contribution in [0.2, 0.25) is 0 Å². The molecule has 0 N–H and O–H groups in total. The van der Waals surface area contributed by atoms with Gasteiger partial charge < -0.3 is 4.74 Å². The fraction of sp³-hybridized carbons (Fsp3) is 0.444. The summed E-state index contributed by atoms with van der Waals surface area (Å²) in [6.45, 7) is 1.41. The summed E-state index contributed by atoms with van der Waals surface area (Å²) in [6, 6.07) is 1.28. The molecule has 0 aromatic carbocycles. The first-order chi connectivity index (χ1) is 6.96. The van der Waals surface area contributed by atoms with Crippen molar-refractivity contribution in [1.29, 1.82) is 0 Å². The zero-order valence-corrected chi connectivity index (χ0v) is 8.69. The maximum absolute atomic E-state index is 12.6. The lowest BCUT2D eigenvalue weighted by Crippen LogP contribution is -2.29. The first-order valence-corrected chi connectivity index (χ1v) is 5.16. The second kappa shape index (κ2) is 4.65. The topological polar surface area (TPSA) is 26.3 Å². The summed E-state index contributed by atoms with van der Waals surface area (Å²) in [7, 11) is 0. The van der Waals surface area contributed by atoms with E-state index in [0.29, 0.717) is 0 Å². The monoisotopic (exact) mass is 238 g/mol. The van der Waals surface area contributed by atoms with E-state index in [0.717, 1.165) is 11.3 Å². The van der Waals surface area contributed by atoms with Crippen molar-refractivity contribution in [3.63, 3.8) is 0 Å². The SMILES string of the molecule is CCOC(=O)C(c1ccsc1)C(F)(F)F. The van der Waals surface area contributed by atoms with Crippen LogP contribution in [0.1, 0.15) is 18.4 Å². The number of carbonyl (C=O) groups excluding carboxylic acids is 1. The molecule has 1 atom stereocenters. The molecular formula is C9H9F3O2S. The van der Waals surface area contributed by atoms with Gasteiger partial charge in [0, 0.05) is 0 Å². The largest absolute Gasteiger partial charge is 0.465 e. The highest BCUT2D eigenvalue weighted by Gasteiger charge is 2.47. The van der Waals surface area contributed by atoms with Gasteiger partial charge in [-0.2, -0.15) is 24.5 Å². The van der Waals surface area contributed by atoms with Gasteiger partial charge in [0.05, 0.1) is 6.61 Å². The molecule has 1 heterocycles. The number of rotatable bonds is 3. The molecule has 0 amide bonds. The quantitative estimate of drug-likeness (QED) is 0.757. The molecule has 0 aliphatic heterocycles. The van der Waals surface area contributed by atoms with Crippen molar-refractivity contribution in [2.24, 2.45) is 0 Å². The normalized spacial score (nSPS) is 13.6. The van der Waals surface area contributed by atoms with Crippen LogP contribution in [-0.4, -0.2) is 18.8 Å². The van der Waals surface area contributed by atoms with Crippen LogP contribution >= 0.6 is 11.3 Å². The zero-order chi connectivity index (χ0) is 11.5. The van der Waals surface area contributed by atoms with Crippen LogP contribution < -0.4 is 0 Å². The molecule has 6 heteroatoms. The number of hydrogen-bond acceptors (Lipinski definition) is 3. The molecule has 0 aliphatic carbocycles. The number of carbonyl (C=O) groups is 1. The first-order valence-electron chi connectivity index (χ1n) is 4.22. The van der Waals surface area contributed by atoms with Crippen molar-refractivity contribution in [3.05, 3.63) is 22.4 Å². The molecule has 0 fully saturated rings. The van der Waals surface area contributed by atoms with E-state index in [2.05, 4.69) is 4.74 Å². The van der Waals surface area contributed by atoms with Crippen molar-refractivity contribution in [1.82, 2.24) is 0 Å². The molecule has 0 aliphatic rings. The molecular weight excluding hydrogens is 229 g/mol. The molecule has 15 heavy (non-hydrogen) atoms. The van der Waals surface area contributed by atoms with E-state index in [-0.39, 0.29) is 12.2 Å². The highest BCUT2D eigenvalue weighted by atomic mass is 32.1. The molecule has 2 nitrogen and oxygen atoms in total. The third-order valence-electron chi connectivity index (χ3n) is 1.73. The minimum absolute atomic E-state index is 0.0600. The first kappa shape index (κ1) is 12.0. The van der Waals surface area contributed by atoms with Crippen LogP contribution in [0.15, 0.2) is 16.8 Å². The molecule has 1 unspecified atom stereocenters. The Balaban J connectivity index is 2.94. The molecule has 0 spiro atoms. The number of ether oxygens (including phenoxy) is 1. The Hall–Kier alpha value is -1.04. The fourth-order valence-corrected chi connectivity index (χ4v) is 1.81. The highest BCUT2D eigenvalue weighted by Crippen LogP contribution is 2.36. The van der Waals surface area contributed by atoms with Crippen LogP contribution in [0.4, 0.5) is 13.2 Å². The van der Waals surface area contributed by atoms with Crippen LogP contribution in [0.5, 0.6) is 0 Å². The number of thiophene rings is 1. The Bertz CT molecular complexity index is 319. The lowest BCUT2D eigenvalue weighted by Gasteiger charge is -2.17. The molecule has 1 aromatic rings. The van der Waals surface area contributed by atoms with Gasteiger partial charge in [-0.05, 0) is 29.3 Å². The highest BCUT2D eigenvalue weighted by molar-refractivity contribution is 7.08. The lowest BCUT2D eigenvalue weighted by molar-refractivity contribution is -0.180. The van der Waals surface area contributed by atoms with Crippen LogP contribution in [0.25, 0.3) is 0 Å². The lowest BCUT2D eigenvalue weighted by atomic mass is 10.0. The third kappa shape index (κ3) is 2.95. The van der Waals surface area contributed by atoms with E-state index in [1.807, 2.05) is 0 Å². The molecule has 0 saturated heterocycles. The Morgan fingerprint density at radius 2 is 2.27 bits per heavy atom. The number of alkyl halides is 3. The van der Waals surface area contributed by atoms with E-state index in [4.69, 9.17) is 0 Å². The van der Waals surface area contributed by atoms with Gasteiger partial charge in [0.1, 0.15) is 0 Å². The number of hydrogen-bond donors (Lipinski definition) is 0. The summed E-state index contributed by atoms with van der Waals surface area (Å²) >= 11 is 1.11. The van der Waals surface area contributed by atoms with E-state index >= 15 is 0 Å². The van der Waals surface area contributed by atoms with Crippen molar-refractivity contribution in [2.45, 2.75) is 19.0 Å². The van der Waals surface area contributed by atoms with Crippen LogP contribution in [0.3, 0.4) is 0 Å². The molecule has 84 valence electrons. The van der Waals surface area contributed by atoms with Gasteiger partial charge in [0.2, 0.25) is 0 Å². The van der Waals surface area contributed by atoms with Crippen LogP contribution in [0, 0.1) is 0 Å². The average molecular weight is 238 g/mol. The summed E-state index contributed by atoms with van der Waals surface area (Å²) < 4.78 is 42.1. The summed E-state index contributed by atoms with van der Waals surface area (Å²) in [5.74, 6) is -3.41. The minimum Gasteiger partial charge on any atom is -0.465 e. The molecule has 0 radical (unpaired) electrons. The van der Waals surface area contributed by atoms with Gasteiger partial charge >= 0.3 is 12.1 Å². The Kier molecular flexibility index (Phi) is 3.73. The van der Waals surface area contributed by atoms with Gasteiger partial charge in [-0.15, -0.1) is 0 Å². The van der Waals surface area contributed by atoms with Gasteiger partial charge in [-0.3, -0.25) is 4.79 Å². The fourth-order valence-electron chi connectivity index (χ4n) is 1.12. The maximum atomic E-state index is 12.6. The molecule has 1 aromatic heterocycles. The summed E-state index contributed by atoms with van der Waals surface area (Å²) in [5, 5.41) is 2.79. The van der Waals surface area contributed by atoms with E-state index in [1.54, 1.807) is 0 Å². The molecule has 0 bridgehead atoms. The number of halogens is 3. The summed E-state index contributed by atoms with van der Waals surface area (Å²) in [5.41, 5.74) is -0.0639. The standard InChI is InChI=1S/C9H9F3O2S/c1-2-14-8(13)7(9(10,11)12)6-3-4-15-5-6/h3-5,7H,2H2,1H3. The van der Waals surface area contributed by atoms with Crippen molar-refractivity contribution < 1.29 is 22.7 Å². The Morgan fingerprint density at radius 1 is 1.60 bits per heavy atom. The Morgan fingerprint density at radius 3 is 2.67 bits per heavy atom. The van der Waals surface area contributed by atoms with Gasteiger partial charge in [0.15, 0.2) is 5.92 Å². The molecule has 1 rings (SSSR count). The summed E-state index contributed by atoms with van der Waals surface area (Å²) in [4.78, 5) is 11.2. The minimum atomic E-state index is -4.60. The van der Waals surface area contributed by atoms with Crippen molar-refractivity contribution in [3.8, 4) is 0 Å². The molecule has 0 saturated carbocycles. The predicted molar refractivity (Wildman–Crippen MR) is 49.7 cm³/mol. The van der Waals surface area contributed by atoms with E-state index in [9.17, 15) is 18.0 Å². The van der Waals surface area contributed by atoms with E-state index < -0.39 is 18.1 Å². The van der Waals surface area contributed by atoms with Gasteiger partial charge in [-0.1, -0.05) is 0 Å². The van der Waals surface area contributed by atoms with Crippen molar-refractivity contribution in [2.75, 3.05) is 6.61 Å². The third-order valence-corrected chi connectivity index (χ3v) is 2.43. The summed E-state index contributed by atoms with van der Waals surface area (Å²) in [6.07, 6.45) is -4.60. The zero-order valence-electron chi connectivity index (χ0n) is 7.88. The Labute approximate surface area is 88.7 Å². The van der Waals surface area contributed by atoms with Crippen molar-refractivity contribution >= 4 is 17.3 Å². The average Bonchev–Trinajstić information content (AvgIpc) is 2.55. The second-order valence-electron chi connectivity index (χ2n) is 2.78.